The van der Waals surface area contributed by atoms with Crippen molar-refractivity contribution < 1.29 is 32.8 Å². The first kappa shape index (κ1) is 66.6. The van der Waals surface area contributed by atoms with Crippen molar-refractivity contribution >= 4 is 13.8 Å². The van der Waals surface area contributed by atoms with Crippen LogP contribution in [0.4, 0.5) is 0 Å². The molecule has 0 bridgehead atoms. The van der Waals surface area contributed by atoms with Crippen molar-refractivity contribution in [3.8, 4) is 0 Å². The highest BCUT2D eigenvalue weighted by Gasteiger charge is 2.25. The summed E-state index contributed by atoms with van der Waals surface area (Å²) in [6, 6.07) is 0. The molecular formula is C61H102NO7P. The molecule has 2 atom stereocenters. The molecule has 0 aromatic rings. The molecule has 0 aromatic carbocycles. The molecule has 0 spiro atoms. The highest BCUT2D eigenvalue weighted by atomic mass is 31.2. The van der Waals surface area contributed by atoms with E-state index in [0.717, 1.165) is 116 Å². The molecule has 3 N–H and O–H groups in total. The van der Waals surface area contributed by atoms with Crippen molar-refractivity contribution in [2.45, 2.75) is 213 Å². The van der Waals surface area contributed by atoms with E-state index in [1.165, 1.54) is 70.6 Å². The van der Waals surface area contributed by atoms with Crippen LogP contribution in [0, 0.1) is 0 Å². The Balaban J connectivity index is 4.01. The Morgan fingerprint density at radius 3 is 1.13 bits per heavy atom. The number of rotatable bonds is 51. The molecule has 9 heteroatoms. The van der Waals surface area contributed by atoms with Crippen molar-refractivity contribution in [2.75, 3.05) is 33.0 Å². The van der Waals surface area contributed by atoms with E-state index < -0.39 is 13.9 Å². The lowest BCUT2D eigenvalue weighted by molar-refractivity contribution is -0.154. The summed E-state index contributed by atoms with van der Waals surface area (Å²) in [7, 11) is -4.30. The standard InChI is InChI=1S/C61H102NO7P/c1-3-5-7-9-11-13-15-17-19-21-23-25-27-29-31-33-35-37-39-41-43-45-47-49-51-53-56-66-58-60(59-68-70(64,65)67-57-55-62)69-61(63)54-52-50-48-46-44-42-40-38-36-34-32-30-28-26-24-22-20-18-16-14-12-10-8-6-4-2/h5-8,11-14,17-20,23-26,29-32,36,38,60H,3-4,9-10,15-16,21-22,27-28,33-35,37,39-59,62H2,1-2H3,(H,64,65)/b7-5-,8-6-,13-11-,14-12-,19-17-,20-18-,25-23-,26-24-,31-29-,32-30-,38-36-. The molecule has 8 nitrogen and oxygen atoms in total. The first-order chi connectivity index (χ1) is 34.4. The number of allylic oxidation sites excluding steroid dienone is 22. The van der Waals surface area contributed by atoms with Gasteiger partial charge in [-0.05, 0) is 109 Å². The minimum Gasteiger partial charge on any atom is -0.457 e. The van der Waals surface area contributed by atoms with Gasteiger partial charge in [0.25, 0.3) is 0 Å². The highest BCUT2D eigenvalue weighted by Crippen LogP contribution is 2.43. The monoisotopic (exact) mass is 992 g/mol. The maximum Gasteiger partial charge on any atom is 0.472 e. The summed E-state index contributed by atoms with van der Waals surface area (Å²) >= 11 is 0. The van der Waals surface area contributed by atoms with E-state index in [4.69, 9.17) is 24.3 Å². The molecule has 0 aliphatic rings. The third-order valence-electron chi connectivity index (χ3n) is 11.1. The number of carbonyl (C=O) groups is 1. The SMILES string of the molecule is CC/C=C\C/C=C\C/C=C\C/C=C\C/C=C\C/C=C\CCCCCCCCC(=O)OC(COCCCCCCCCCCCC/C=C\C/C=C\C/C=C\C/C=C\C/C=C\CC)COP(=O)(O)OCCN. The number of carbonyl (C=O) groups excluding carboxylic acids is 1. The van der Waals surface area contributed by atoms with Crippen LogP contribution in [0.25, 0.3) is 0 Å². The summed E-state index contributed by atoms with van der Waals surface area (Å²) < 4.78 is 33.7. The molecule has 0 heterocycles. The topological polar surface area (TPSA) is 117 Å². The third kappa shape index (κ3) is 55.6. The van der Waals surface area contributed by atoms with E-state index in [2.05, 4.69) is 148 Å². The minimum atomic E-state index is -4.30. The van der Waals surface area contributed by atoms with Gasteiger partial charge >= 0.3 is 13.8 Å². The first-order valence-electron chi connectivity index (χ1n) is 27.7. The minimum absolute atomic E-state index is 0.0892. The van der Waals surface area contributed by atoms with Crippen LogP contribution in [0.1, 0.15) is 206 Å². The van der Waals surface area contributed by atoms with E-state index in [1.54, 1.807) is 0 Å². The van der Waals surface area contributed by atoms with E-state index >= 15 is 0 Å². The molecule has 0 aromatic heterocycles. The van der Waals surface area contributed by atoms with Gasteiger partial charge in [-0.15, -0.1) is 0 Å². The maximum atomic E-state index is 12.7. The molecule has 0 radical (unpaired) electrons. The van der Waals surface area contributed by atoms with Gasteiger partial charge in [0.05, 0.1) is 19.8 Å². The van der Waals surface area contributed by atoms with Crippen LogP contribution in [0.2, 0.25) is 0 Å². The summed E-state index contributed by atoms with van der Waals surface area (Å²) in [5, 5.41) is 0. The second-order valence-corrected chi connectivity index (χ2v) is 19.1. The Morgan fingerprint density at radius 1 is 0.429 bits per heavy atom. The second-order valence-electron chi connectivity index (χ2n) is 17.7. The van der Waals surface area contributed by atoms with Crippen LogP contribution in [0.3, 0.4) is 0 Å². The van der Waals surface area contributed by atoms with Gasteiger partial charge in [0.2, 0.25) is 0 Å². The number of phosphoric ester groups is 1. The van der Waals surface area contributed by atoms with Crippen LogP contribution >= 0.6 is 7.82 Å². The predicted molar refractivity (Wildman–Crippen MR) is 302 cm³/mol. The van der Waals surface area contributed by atoms with Crippen molar-refractivity contribution in [3.63, 3.8) is 0 Å². The molecule has 0 aliphatic carbocycles. The molecule has 2 unspecified atom stereocenters. The van der Waals surface area contributed by atoms with Crippen molar-refractivity contribution in [3.05, 3.63) is 134 Å². The number of nitrogens with two attached hydrogens (primary N) is 1. The molecule has 0 saturated heterocycles. The molecule has 0 amide bonds. The summed E-state index contributed by atoms with van der Waals surface area (Å²) in [5.41, 5.74) is 5.40. The Morgan fingerprint density at radius 2 is 0.757 bits per heavy atom. The highest BCUT2D eigenvalue weighted by molar-refractivity contribution is 7.47. The molecule has 70 heavy (non-hydrogen) atoms. The number of unbranched alkanes of at least 4 members (excludes halogenated alkanes) is 16. The van der Waals surface area contributed by atoms with Crippen LogP contribution in [-0.4, -0.2) is 49.9 Å². The zero-order chi connectivity index (χ0) is 50.8. The molecular weight excluding hydrogens is 890 g/mol. The fourth-order valence-electron chi connectivity index (χ4n) is 7.09. The number of esters is 1. The van der Waals surface area contributed by atoms with E-state index in [-0.39, 0.29) is 32.3 Å². The maximum absolute atomic E-state index is 12.7. The Hall–Kier alpha value is -3.36. The Kier molecular flexibility index (Phi) is 53.8. The number of phosphoric acid groups is 1. The van der Waals surface area contributed by atoms with Gasteiger partial charge in [0.15, 0.2) is 0 Å². The van der Waals surface area contributed by atoms with Gasteiger partial charge in [0, 0.05) is 19.6 Å². The first-order valence-corrected chi connectivity index (χ1v) is 29.2. The Labute approximate surface area is 429 Å². The van der Waals surface area contributed by atoms with Crippen molar-refractivity contribution in [2.24, 2.45) is 5.73 Å². The molecule has 0 aliphatic heterocycles. The Bertz CT molecular complexity index is 1530. The number of hydrogen-bond acceptors (Lipinski definition) is 7. The van der Waals surface area contributed by atoms with E-state index in [1.807, 2.05) is 0 Å². The summed E-state index contributed by atoms with van der Waals surface area (Å²) in [5.74, 6) is -0.351. The smallest absolute Gasteiger partial charge is 0.457 e. The average Bonchev–Trinajstić information content (AvgIpc) is 3.35. The fourth-order valence-corrected chi connectivity index (χ4v) is 7.85. The van der Waals surface area contributed by atoms with Gasteiger partial charge in [-0.25, -0.2) is 4.57 Å². The van der Waals surface area contributed by atoms with Crippen molar-refractivity contribution in [1.82, 2.24) is 0 Å². The predicted octanol–water partition coefficient (Wildman–Crippen LogP) is 17.9. The van der Waals surface area contributed by atoms with E-state index in [0.29, 0.717) is 13.0 Å². The molecule has 398 valence electrons. The van der Waals surface area contributed by atoms with Crippen molar-refractivity contribution in [1.29, 1.82) is 0 Å². The quantitative estimate of drug-likeness (QED) is 0.0268. The van der Waals surface area contributed by atoms with Gasteiger partial charge in [-0.2, -0.15) is 0 Å². The van der Waals surface area contributed by atoms with Crippen LogP contribution in [0.5, 0.6) is 0 Å². The van der Waals surface area contributed by atoms with Crippen LogP contribution < -0.4 is 5.73 Å². The summed E-state index contributed by atoms with van der Waals surface area (Å²) in [4.78, 5) is 22.7. The lowest BCUT2D eigenvalue weighted by Gasteiger charge is -2.20. The third-order valence-corrected chi connectivity index (χ3v) is 12.0. The normalized spacial score (nSPS) is 14.3. The van der Waals surface area contributed by atoms with Crippen LogP contribution in [-0.2, 0) is 27.9 Å². The second kappa shape index (κ2) is 56.6. The summed E-state index contributed by atoms with van der Waals surface area (Å²) in [6.45, 7) is 4.64. The average molecular weight is 992 g/mol. The van der Waals surface area contributed by atoms with E-state index in [9.17, 15) is 14.3 Å². The zero-order valence-corrected chi connectivity index (χ0v) is 45.3. The van der Waals surface area contributed by atoms with Gasteiger partial charge in [-0.3, -0.25) is 13.8 Å². The molecule has 0 saturated carbocycles. The molecule has 0 rings (SSSR count). The fraction of sp³-hybridized carbons (Fsp3) is 0.623. The van der Waals surface area contributed by atoms with Crippen LogP contribution in [0.15, 0.2) is 134 Å². The van der Waals surface area contributed by atoms with Gasteiger partial charge < -0.3 is 20.1 Å². The lowest BCUT2D eigenvalue weighted by Crippen LogP contribution is -2.28. The van der Waals surface area contributed by atoms with Gasteiger partial charge in [0.1, 0.15) is 6.10 Å². The zero-order valence-electron chi connectivity index (χ0n) is 44.4. The summed E-state index contributed by atoms with van der Waals surface area (Å²) in [6.07, 6.45) is 80.6. The largest absolute Gasteiger partial charge is 0.472 e. The van der Waals surface area contributed by atoms with Gasteiger partial charge in [-0.1, -0.05) is 225 Å². The number of hydrogen-bond donors (Lipinski definition) is 2. The molecule has 0 fully saturated rings. The lowest BCUT2D eigenvalue weighted by atomic mass is 10.1. The number of ether oxygens (including phenoxy) is 2.